The van der Waals surface area contributed by atoms with E-state index < -0.39 is 63.6 Å². The predicted molar refractivity (Wildman–Crippen MR) is 182 cm³/mol. The first-order valence-electron chi connectivity index (χ1n) is 16.5. The van der Waals surface area contributed by atoms with Crippen molar-refractivity contribution in [3.8, 4) is 5.75 Å². The highest BCUT2D eigenvalue weighted by atomic mass is 16.6. The number of anilines is 2. The van der Waals surface area contributed by atoms with Gasteiger partial charge >= 0.3 is 0 Å². The number of rotatable bonds is 6. The molecule has 50 heavy (non-hydrogen) atoms. The summed E-state index contributed by atoms with van der Waals surface area (Å²) in [5.41, 5.74) is 5.46. The molecule has 2 saturated heterocycles. The van der Waals surface area contributed by atoms with Crippen molar-refractivity contribution < 1.29 is 29.2 Å². The molecule has 2 aliphatic heterocycles. The molecular formula is C39H32N4O7. The Balaban J connectivity index is 1.28. The number of hydrazine groups is 1. The minimum Gasteiger partial charge on any atom is -0.508 e. The molecule has 4 amide bonds. The molecule has 11 heteroatoms. The molecule has 4 aliphatic rings. The van der Waals surface area contributed by atoms with Gasteiger partial charge in [0.25, 0.3) is 17.5 Å². The van der Waals surface area contributed by atoms with E-state index in [2.05, 4.69) is 5.43 Å². The lowest BCUT2D eigenvalue weighted by molar-refractivity contribution is -0.384. The number of carbonyl (C=O) groups is 4. The van der Waals surface area contributed by atoms with Crippen molar-refractivity contribution >= 4 is 40.7 Å². The average Bonchev–Trinajstić information content (AvgIpc) is 3.51. The number of benzene rings is 4. The second-order valence-corrected chi connectivity index (χ2v) is 13.5. The number of aromatic hydroxyl groups is 1. The summed E-state index contributed by atoms with van der Waals surface area (Å²) < 4.78 is 0. The zero-order chi connectivity index (χ0) is 34.9. The van der Waals surface area contributed by atoms with Gasteiger partial charge in [-0.2, -0.15) is 5.01 Å². The number of allylic oxidation sites excluding steroid dienone is 2. The van der Waals surface area contributed by atoms with Crippen LogP contribution in [0.1, 0.15) is 35.4 Å². The van der Waals surface area contributed by atoms with Gasteiger partial charge in [-0.25, -0.2) is 0 Å². The lowest BCUT2D eigenvalue weighted by Crippen LogP contribution is -2.53. The van der Waals surface area contributed by atoms with E-state index in [4.69, 9.17) is 0 Å². The molecule has 2 aliphatic carbocycles. The number of hydrogen-bond donors (Lipinski definition) is 2. The van der Waals surface area contributed by atoms with E-state index >= 15 is 4.79 Å². The minimum absolute atomic E-state index is 0.0379. The van der Waals surface area contributed by atoms with Crippen LogP contribution in [0.25, 0.3) is 0 Å². The summed E-state index contributed by atoms with van der Waals surface area (Å²) in [5.74, 6) is -5.37. The maximum Gasteiger partial charge on any atom is 0.269 e. The quantitative estimate of drug-likeness (QED) is 0.113. The monoisotopic (exact) mass is 668 g/mol. The summed E-state index contributed by atoms with van der Waals surface area (Å²) in [6, 6.07) is 28.5. The van der Waals surface area contributed by atoms with Crippen molar-refractivity contribution in [2.45, 2.75) is 31.1 Å². The molecule has 1 saturated carbocycles. The maximum absolute atomic E-state index is 15.1. The molecule has 4 aromatic carbocycles. The normalized spacial score (nSPS) is 27.1. The van der Waals surface area contributed by atoms with Crippen LogP contribution in [-0.4, -0.2) is 38.7 Å². The summed E-state index contributed by atoms with van der Waals surface area (Å²) >= 11 is 0. The lowest BCUT2D eigenvalue weighted by atomic mass is 9.49. The Morgan fingerprint density at radius 1 is 0.820 bits per heavy atom. The Labute approximate surface area is 286 Å². The van der Waals surface area contributed by atoms with E-state index in [1.807, 2.05) is 55.5 Å². The molecule has 8 rings (SSSR count). The van der Waals surface area contributed by atoms with Gasteiger partial charge in [-0.05, 0) is 73.2 Å². The van der Waals surface area contributed by atoms with Gasteiger partial charge in [-0.1, -0.05) is 71.8 Å². The number of nitro groups is 1. The molecule has 0 spiro atoms. The van der Waals surface area contributed by atoms with E-state index in [9.17, 15) is 29.6 Å². The van der Waals surface area contributed by atoms with Gasteiger partial charge in [-0.15, -0.1) is 0 Å². The molecule has 2 heterocycles. The summed E-state index contributed by atoms with van der Waals surface area (Å²) in [6.45, 7) is 1.94. The molecule has 2 N–H and O–H groups in total. The molecule has 250 valence electrons. The number of amides is 4. The van der Waals surface area contributed by atoms with Gasteiger partial charge in [0, 0.05) is 18.1 Å². The molecule has 3 fully saturated rings. The van der Waals surface area contributed by atoms with Crippen LogP contribution in [0.2, 0.25) is 0 Å². The SMILES string of the molecule is Cc1ccc(NN2C(=O)C3CC4C(=CCC5C(=O)N(c6ccc([N+](=O)[O-])cc6)C(=O)C54)C(c4ccc(O)cc4)C3(c3ccccc3)C2=O)cc1. The molecule has 4 aromatic rings. The van der Waals surface area contributed by atoms with Crippen molar-refractivity contribution in [2.75, 3.05) is 10.3 Å². The third-order valence-corrected chi connectivity index (χ3v) is 10.9. The number of hydrogen-bond acceptors (Lipinski definition) is 8. The van der Waals surface area contributed by atoms with Crippen LogP contribution >= 0.6 is 0 Å². The Hall–Kier alpha value is -6.10. The number of non-ortho nitro benzene ring substituents is 1. The van der Waals surface area contributed by atoms with Gasteiger partial charge in [0.2, 0.25) is 11.8 Å². The van der Waals surface area contributed by atoms with Crippen LogP contribution in [-0.2, 0) is 24.6 Å². The Bertz CT molecular complexity index is 2100. The van der Waals surface area contributed by atoms with Gasteiger partial charge in [0.15, 0.2) is 0 Å². The van der Waals surface area contributed by atoms with Gasteiger partial charge in [0.1, 0.15) is 5.75 Å². The average molecular weight is 669 g/mol. The maximum atomic E-state index is 15.1. The first-order valence-corrected chi connectivity index (χ1v) is 16.5. The fourth-order valence-electron chi connectivity index (χ4n) is 8.77. The number of phenols is 1. The molecular weight excluding hydrogens is 636 g/mol. The second-order valence-electron chi connectivity index (χ2n) is 13.5. The van der Waals surface area contributed by atoms with Crippen molar-refractivity contribution in [1.82, 2.24) is 5.01 Å². The van der Waals surface area contributed by atoms with Crippen molar-refractivity contribution in [3.05, 3.63) is 142 Å². The fourth-order valence-corrected chi connectivity index (χ4v) is 8.77. The summed E-state index contributed by atoms with van der Waals surface area (Å²) in [5, 5.41) is 22.7. The van der Waals surface area contributed by atoms with Gasteiger partial charge in [0.05, 0.1) is 39.5 Å². The third-order valence-electron chi connectivity index (χ3n) is 10.9. The summed E-state index contributed by atoms with van der Waals surface area (Å²) in [6.07, 6.45) is 2.34. The van der Waals surface area contributed by atoms with Crippen molar-refractivity contribution in [1.29, 1.82) is 0 Å². The van der Waals surface area contributed by atoms with Crippen LogP contribution in [0.5, 0.6) is 5.75 Å². The van der Waals surface area contributed by atoms with E-state index in [0.29, 0.717) is 16.8 Å². The van der Waals surface area contributed by atoms with Crippen molar-refractivity contribution in [3.63, 3.8) is 0 Å². The number of aryl methyl sites for hydroxylation is 1. The number of nitrogens with one attached hydrogen (secondary N) is 1. The third kappa shape index (κ3) is 4.49. The number of phenolic OH excluding ortho intramolecular Hbond substituents is 1. The van der Waals surface area contributed by atoms with Crippen molar-refractivity contribution in [2.24, 2.45) is 23.7 Å². The Morgan fingerprint density at radius 3 is 2.16 bits per heavy atom. The number of imide groups is 2. The zero-order valence-electron chi connectivity index (χ0n) is 26.9. The largest absolute Gasteiger partial charge is 0.508 e. The minimum atomic E-state index is -1.41. The first-order chi connectivity index (χ1) is 24.1. The molecule has 0 aromatic heterocycles. The van der Waals surface area contributed by atoms with Gasteiger partial charge in [-0.3, -0.25) is 39.6 Å². The van der Waals surface area contributed by atoms with Gasteiger partial charge < -0.3 is 5.11 Å². The lowest BCUT2D eigenvalue weighted by Gasteiger charge is -2.50. The van der Waals surface area contributed by atoms with Crippen LogP contribution in [0.4, 0.5) is 17.1 Å². The smallest absolute Gasteiger partial charge is 0.269 e. The zero-order valence-corrected chi connectivity index (χ0v) is 26.9. The molecule has 0 bridgehead atoms. The molecule has 6 unspecified atom stereocenters. The highest BCUT2D eigenvalue weighted by molar-refractivity contribution is 6.22. The molecule has 11 nitrogen and oxygen atoms in total. The van der Waals surface area contributed by atoms with Crippen LogP contribution < -0.4 is 10.3 Å². The number of nitrogens with zero attached hydrogens (tertiary/aromatic N) is 3. The first kappa shape index (κ1) is 31.2. The molecule has 0 radical (unpaired) electrons. The fraction of sp³-hybridized carbons (Fsp3) is 0.231. The standard InChI is InChI=1S/C39H32N4O7/c1-22-7-11-25(12-8-22)40-42-36(46)32-21-31-29(19-20-30-33(31)37(47)41(35(30)45)26-13-15-27(16-14-26)43(49)50)34(23-9-17-28(44)18-10-23)39(32,38(42)48)24-5-3-2-4-6-24/h2-19,30-34,40,44H,20-21H2,1H3. The number of fused-ring (bicyclic) bond motifs is 4. The Morgan fingerprint density at radius 2 is 1.50 bits per heavy atom. The second kappa shape index (κ2) is 11.5. The highest BCUT2D eigenvalue weighted by Gasteiger charge is 2.70. The Kier molecular flexibility index (Phi) is 7.18. The van der Waals surface area contributed by atoms with Crippen LogP contribution in [0.3, 0.4) is 0 Å². The topological polar surface area (TPSA) is 150 Å². The van der Waals surface area contributed by atoms with E-state index in [1.165, 1.54) is 24.3 Å². The van der Waals surface area contributed by atoms with Crippen LogP contribution in [0, 0.1) is 40.7 Å². The van der Waals surface area contributed by atoms with E-state index in [-0.39, 0.29) is 30.0 Å². The van der Waals surface area contributed by atoms with Crippen LogP contribution in [0.15, 0.2) is 115 Å². The predicted octanol–water partition coefficient (Wildman–Crippen LogP) is 5.80. The highest BCUT2D eigenvalue weighted by Crippen LogP contribution is 2.64. The summed E-state index contributed by atoms with van der Waals surface area (Å²) in [4.78, 5) is 69.9. The number of nitro benzene ring substituents is 1. The molecule has 6 atom stereocenters. The van der Waals surface area contributed by atoms with E-state index in [1.54, 1.807) is 36.4 Å². The summed E-state index contributed by atoms with van der Waals surface area (Å²) in [7, 11) is 0. The number of carbonyl (C=O) groups excluding carboxylic acids is 4. The van der Waals surface area contributed by atoms with E-state index in [0.717, 1.165) is 21.0 Å².